The molecule has 1 N–H and O–H groups in total. The number of carbonyl (C=O) groups excluding carboxylic acids is 2. The number of sulfonamides is 4. The first-order chi connectivity index (χ1) is 37.5. The summed E-state index contributed by atoms with van der Waals surface area (Å²) in [5.41, 5.74) is 3.80. The van der Waals surface area contributed by atoms with E-state index < -0.39 is 65.1 Å². The van der Waals surface area contributed by atoms with Crippen LogP contribution >= 0.6 is 22.6 Å². The number of benzene rings is 6. The van der Waals surface area contributed by atoms with Gasteiger partial charge in [0.05, 0.1) is 56.6 Å². The number of aryl methyl sites for hydroxylation is 4. The van der Waals surface area contributed by atoms with Gasteiger partial charge in [-0.3, -0.25) is 27.2 Å². The number of fused-ring (bicyclic) bond motifs is 2. The van der Waals surface area contributed by atoms with Gasteiger partial charge in [0.2, 0.25) is 0 Å². The van der Waals surface area contributed by atoms with Gasteiger partial charge in [0, 0.05) is 28.6 Å². The molecule has 8 rings (SSSR count). The van der Waals surface area contributed by atoms with Crippen molar-refractivity contribution in [3.05, 3.63) is 180 Å². The van der Waals surface area contributed by atoms with Gasteiger partial charge in [0.15, 0.2) is 0 Å². The van der Waals surface area contributed by atoms with Gasteiger partial charge < -0.3 is 9.47 Å². The van der Waals surface area contributed by atoms with E-state index in [2.05, 4.69) is 37.3 Å². The lowest BCUT2D eigenvalue weighted by Crippen LogP contribution is -2.37. The number of hydrogen-bond donors (Lipinski definition) is 1. The number of pyridine rings is 2. The highest BCUT2D eigenvalue weighted by molar-refractivity contribution is 14.1. The minimum Gasteiger partial charge on any atom is -0.465 e. The Hall–Kier alpha value is -7.19. The molecule has 0 aliphatic rings. The molecule has 0 bridgehead atoms. The normalized spacial score (nSPS) is 11.6. The molecular formula is C56H59IN6O12S4. The molecule has 0 unspecified atom stereocenters. The van der Waals surface area contributed by atoms with Crippen LogP contribution in [0.1, 0.15) is 36.1 Å². The fraction of sp³-hybridized carbons (Fsp3) is 0.214. The summed E-state index contributed by atoms with van der Waals surface area (Å²) in [5, 5.41) is 1.52. The Morgan fingerprint density at radius 3 is 1.19 bits per heavy atom. The lowest BCUT2D eigenvalue weighted by molar-refractivity contribution is -0.142. The van der Waals surface area contributed by atoms with Crippen LogP contribution in [0.5, 0.6) is 0 Å². The number of nitrogens with zero attached hydrogens (tertiary/aromatic N) is 5. The van der Waals surface area contributed by atoms with E-state index >= 15 is 0 Å². The summed E-state index contributed by atoms with van der Waals surface area (Å²) in [6, 6.07) is 38.7. The molecule has 8 aromatic rings. The summed E-state index contributed by atoms with van der Waals surface area (Å²) in [7, 11) is -15.0. The molecule has 79 heavy (non-hydrogen) atoms. The smallest absolute Gasteiger partial charge is 0.326 e. The Morgan fingerprint density at radius 2 is 0.797 bits per heavy atom. The monoisotopic (exact) mass is 1260 g/mol. The highest BCUT2D eigenvalue weighted by Gasteiger charge is 2.33. The summed E-state index contributed by atoms with van der Waals surface area (Å²) < 4.78 is 124. The van der Waals surface area contributed by atoms with Crippen molar-refractivity contribution >= 4 is 119 Å². The zero-order valence-corrected chi connectivity index (χ0v) is 49.9. The van der Waals surface area contributed by atoms with Gasteiger partial charge in [-0.2, -0.15) is 0 Å². The quantitative estimate of drug-likeness (QED) is 0.0478. The lowest BCUT2D eigenvalue weighted by Gasteiger charge is -2.26. The van der Waals surface area contributed by atoms with Gasteiger partial charge in [0.25, 0.3) is 40.1 Å². The second-order valence-corrected chi connectivity index (χ2v) is 24.9. The Morgan fingerprint density at radius 1 is 0.468 bits per heavy atom. The van der Waals surface area contributed by atoms with Crippen molar-refractivity contribution < 1.29 is 52.7 Å². The van der Waals surface area contributed by atoms with E-state index in [0.29, 0.717) is 21.5 Å². The highest BCUT2D eigenvalue weighted by atomic mass is 127. The number of rotatable bonds is 18. The van der Waals surface area contributed by atoms with Crippen molar-refractivity contribution in [2.24, 2.45) is 0 Å². The predicted molar refractivity (Wildman–Crippen MR) is 317 cm³/mol. The molecule has 2 heterocycles. The van der Waals surface area contributed by atoms with Gasteiger partial charge in [-0.15, -0.1) is 0 Å². The number of aromatic nitrogens is 2. The van der Waals surface area contributed by atoms with E-state index in [-0.39, 0.29) is 55.8 Å². The number of esters is 2. The molecule has 0 aliphatic heterocycles. The zero-order chi connectivity index (χ0) is 57.9. The van der Waals surface area contributed by atoms with Crippen LogP contribution in [0.4, 0.5) is 23.0 Å². The van der Waals surface area contributed by atoms with Crippen molar-refractivity contribution in [3.63, 3.8) is 0 Å². The van der Waals surface area contributed by atoms with Gasteiger partial charge in [-0.1, -0.05) is 142 Å². The fourth-order valence-corrected chi connectivity index (χ4v) is 12.9. The third kappa shape index (κ3) is 14.2. The minimum atomic E-state index is -4.22. The van der Waals surface area contributed by atoms with E-state index in [1.165, 1.54) is 68.0 Å². The maximum Gasteiger partial charge on any atom is 0.326 e. The van der Waals surface area contributed by atoms with Gasteiger partial charge in [0.1, 0.15) is 24.7 Å². The predicted octanol–water partition coefficient (Wildman–Crippen LogP) is 9.90. The highest BCUT2D eigenvalue weighted by Crippen LogP contribution is 2.37. The van der Waals surface area contributed by atoms with Crippen LogP contribution in [0.2, 0.25) is 0 Å². The Balaban J connectivity index is 0.000000248. The molecule has 0 amide bonds. The second kappa shape index (κ2) is 26.2. The van der Waals surface area contributed by atoms with E-state index in [1.807, 2.05) is 32.6 Å². The first-order valence-corrected chi connectivity index (χ1v) is 32.2. The van der Waals surface area contributed by atoms with E-state index in [0.717, 1.165) is 35.2 Å². The molecule has 0 atom stereocenters. The molecule has 416 valence electrons. The number of alkyl halides is 1. The van der Waals surface area contributed by atoms with Gasteiger partial charge in [-0.05, 0) is 95.0 Å². The standard InChI is InChI=1S/C28H29N3O6S2.C27H27N3O6S2.CH3I/c1-5-37-27(32)19-31(39(35,36)23-16-12-21(3)13-17-23)26-18-29-28(25-9-7-6-8-24(25)26)30(4)38(33,34)22-14-10-20(2)11-15-22;1-4-36-26(31)18-30(38(34,35)22-15-11-20(3)12-16-22)25-17-28-27(24-8-6-5-7-23(24)25)29-37(32,33)21-13-9-19(2)10-14-21;1-2/h6-18H,5,19H2,1-4H3;5-17H,4,18H2,1-3H3,(H,28,29);1H3. The van der Waals surface area contributed by atoms with Crippen LogP contribution < -0.4 is 17.6 Å². The number of ether oxygens (including phenoxy) is 2. The average Bonchev–Trinajstić information content (AvgIpc) is 3.59. The number of nitrogens with one attached hydrogen (secondary N) is 1. The van der Waals surface area contributed by atoms with Crippen molar-refractivity contribution in [3.8, 4) is 0 Å². The zero-order valence-electron chi connectivity index (χ0n) is 44.5. The van der Waals surface area contributed by atoms with E-state index in [9.17, 15) is 43.3 Å². The fourth-order valence-electron chi connectivity index (χ4n) is 7.88. The van der Waals surface area contributed by atoms with Crippen LogP contribution in [0.15, 0.2) is 178 Å². The molecule has 6 aromatic carbocycles. The van der Waals surface area contributed by atoms with Gasteiger partial charge >= 0.3 is 11.9 Å². The number of carbonyl (C=O) groups is 2. The van der Waals surface area contributed by atoms with Crippen molar-refractivity contribution in [2.75, 3.05) is 55.9 Å². The van der Waals surface area contributed by atoms with Crippen LogP contribution in [-0.4, -0.2) is 93.9 Å². The van der Waals surface area contributed by atoms with Gasteiger partial charge in [-0.25, -0.2) is 43.6 Å². The summed E-state index contributed by atoms with van der Waals surface area (Å²) in [6.45, 7) is 9.62. The van der Waals surface area contributed by atoms with Crippen LogP contribution in [0.25, 0.3) is 21.5 Å². The molecule has 0 fully saturated rings. The largest absolute Gasteiger partial charge is 0.465 e. The minimum absolute atomic E-state index is 0.00961. The third-order valence-electron chi connectivity index (χ3n) is 12.0. The number of hydrogen-bond acceptors (Lipinski definition) is 14. The molecule has 0 saturated carbocycles. The molecule has 23 heteroatoms. The Kier molecular flexibility index (Phi) is 20.2. The first-order valence-electron chi connectivity index (χ1n) is 24.3. The summed E-state index contributed by atoms with van der Waals surface area (Å²) in [6.07, 6.45) is 2.50. The summed E-state index contributed by atoms with van der Waals surface area (Å²) in [5.74, 6) is -1.34. The Labute approximate surface area is 475 Å². The SMILES string of the molecule is CCOC(=O)CN(c1cnc(N(C)S(=O)(=O)c2ccc(C)cc2)c2ccccc12)S(=O)(=O)c1ccc(C)cc1.CCOC(=O)CN(c1cnc(NS(=O)(=O)c2ccc(C)cc2)c2ccccc12)S(=O)(=O)c1ccc(C)cc1.CI. The molecule has 18 nitrogen and oxygen atoms in total. The summed E-state index contributed by atoms with van der Waals surface area (Å²) >= 11 is 2.15. The Bertz CT molecular complexity index is 3930. The second-order valence-electron chi connectivity index (χ2n) is 17.5. The number of anilines is 4. The van der Waals surface area contributed by atoms with Crippen LogP contribution in [0.3, 0.4) is 0 Å². The summed E-state index contributed by atoms with van der Waals surface area (Å²) in [4.78, 5) is 35.8. The molecular weight excluding hydrogens is 1200 g/mol. The molecule has 2 aromatic heterocycles. The van der Waals surface area contributed by atoms with Crippen molar-refractivity contribution in [2.45, 2.75) is 61.1 Å². The van der Waals surface area contributed by atoms with Crippen LogP contribution in [-0.2, 0) is 59.2 Å². The van der Waals surface area contributed by atoms with Crippen molar-refractivity contribution in [1.29, 1.82) is 0 Å². The average molecular weight is 1260 g/mol. The molecule has 0 aliphatic carbocycles. The topological polar surface area (TPSA) is 237 Å². The molecule has 0 spiro atoms. The lowest BCUT2D eigenvalue weighted by atomic mass is 10.1. The van der Waals surface area contributed by atoms with E-state index in [1.54, 1.807) is 111 Å². The third-order valence-corrected chi connectivity index (χ3v) is 18.6. The van der Waals surface area contributed by atoms with Crippen molar-refractivity contribution in [1.82, 2.24) is 9.97 Å². The van der Waals surface area contributed by atoms with E-state index in [4.69, 9.17) is 9.47 Å². The molecule has 0 saturated heterocycles. The number of halogens is 1. The van der Waals surface area contributed by atoms with Crippen LogP contribution in [0, 0.1) is 27.7 Å². The molecule has 0 radical (unpaired) electrons. The first kappa shape index (κ1) is 61.0. The maximum atomic E-state index is 13.8. The maximum absolute atomic E-state index is 13.8.